The lowest BCUT2D eigenvalue weighted by Crippen LogP contribution is -2.16. The van der Waals surface area contributed by atoms with Gasteiger partial charge in [0.1, 0.15) is 0 Å². The van der Waals surface area contributed by atoms with Crippen molar-refractivity contribution in [1.29, 1.82) is 0 Å². The number of ketones is 1. The highest BCUT2D eigenvalue weighted by Crippen LogP contribution is 2.23. The van der Waals surface area contributed by atoms with Crippen LogP contribution in [0.1, 0.15) is 32.0 Å². The average molecular weight is 354 g/mol. The van der Waals surface area contributed by atoms with Gasteiger partial charge in [0.05, 0.1) is 16.8 Å². The molecule has 4 nitrogen and oxygen atoms in total. The summed E-state index contributed by atoms with van der Waals surface area (Å²) in [7, 11) is 0. The molecule has 0 aliphatic heterocycles. The fourth-order valence-corrected chi connectivity index (χ4v) is 2.88. The lowest BCUT2D eigenvalue weighted by Gasteiger charge is -2.12. The summed E-state index contributed by atoms with van der Waals surface area (Å²) < 4.78 is 5.22. The fourth-order valence-electron chi connectivity index (χ4n) is 2.75. The van der Waals surface area contributed by atoms with Gasteiger partial charge in [-0.1, -0.05) is 29.8 Å². The molecule has 0 atom stereocenters. The number of hydrogen-bond donors (Lipinski definition) is 0. The lowest BCUT2D eigenvalue weighted by molar-refractivity contribution is 0.0473. The summed E-state index contributed by atoms with van der Waals surface area (Å²) in [4.78, 5) is 29.1. The summed E-state index contributed by atoms with van der Waals surface area (Å²) >= 11 is 5.80. The van der Waals surface area contributed by atoms with E-state index >= 15 is 0 Å². The monoisotopic (exact) mass is 353 g/mol. The molecule has 0 spiro atoms. The smallest absolute Gasteiger partial charge is 0.340 e. The summed E-state index contributed by atoms with van der Waals surface area (Å²) in [5, 5.41) is 1.44. The Morgan fingerprint density at radius 3 is 2.44 bits per heavy atom. The van der Waals surface area contributed by atoms with E-state index in [9.17, 15) is 9.59 Å². The van der Waals surface area contributed by atoms with Crippen LogP contribution in [0, 0.1) is 13.8 Å². The van der Waals surface area contributed by atoms with Crippen LogP contribution in [0.15, 0.2) is 48.5 Å². The van der Waals surface area contributed by atoms with Crippen LogP contribution in [0.5, 0.6) is 0 Å². The molecule has 2 aromatic carbocycles. The van der Waals surface area contributed by atoms with Crippen LogP contribution in [0.3, 0.4) is 0 Å². The maximum absolute atomic E-state index is 12.5. The van der Waals surface area contributed by atoms with Gasteiger partial charge in [0, 0.05) is 16.0 Å². The van der Waals surface area contributed by atoms with Crippen LogP contribution in [-0.4, -0.2) is 23.3 Å². The Morgan fingerprint density at radius 1 is 1.04 bits per heavy atom. The molecule has 0 saturated carbocycles. The average Bonchev–Trinajstić information content (AvgIpc) is 2.60. The normalized spacial score (nSPS) is 10.7. The van der Waals surface area contributed by atoms with E-state index in [0.717, 1.165) is 16.5 Å². The number of fused-ring (bicyclic) bond motifs is 1. The number of carbonyl (C=O) groups excluding carboxylic acids is 2. The second-order valence-electron chi connectivity index (χ2n) is 5.72. The number of rotatable bonds is 4. The Hall–Kier alpha value is -2.72. The number of Topliss-reactive ketones (excluding diaryl/α,β-unsaturated/α-hetero) is 1. The minimum absolute atomic E-state index is 0.283. The van der Waals surface area contributed by atoms with Crippen LogP contribution >= 0.6 is 11.6 Å². The predicted molar refractivity (Wildman–Crippen MR) is 97.3 cm³/mol. The van der Waals surface area contributed by atoms with Crippen LogP contribution in [0.2, 0.25) is 5.02 Å². The molecule has 25 heavy (non-hydrogen) atoms. The van der Waals surface area contributed by atoms with Crippen LogP contribution in [-0.2, 0) is 4.74 Å². The first kappa shape index (κ1) is 17.1. The van der Waals surface area contributed by atoms with Crippen LogP contribution in [0.25, 0.3) is 10.9 Å². The molecule has 0 bridgehead atoms. The van der Waals surface area contributed by atoms with E-state index in [1.807, 2.05) is 31.2 Å². The molecule has 1 aromatic heterocycles. The molecule has 0 aliphatic rings. The molecule has 3 rings (SSSR count). The van der Waals surface area contributed by atoms with Gasteiger partial charge in [0.2, 0.25) is 0 Å². The van der Waals surface area contributed by atoms with E-state index in [2.05, 4.69) is 4.98 Å². The van der Waals surface area contributed by atoms with Crippen molar-refractivity contribution >= 4 is 34.3 Å². The number of hydrogen-bond acceptors (Lipinski definition) is 4. The van der Waals surface area contributed by atoms with Gasteiger partial charge < -0.3 is 4.74 Å². The molecular formula is C20H16ClNO3. The molecule has 0 fully saturated rings. The molecule has 0 aliphatic carbocycles. The Kier molecular flexibility index (Phi) is 4.81. The molecule has 0 radical (unpaired) electrons. The predicted octanol–water partition coefficient (Wildman–Crippen LogP) is 4.54. The largest absolute Gasteiger partial charge is 0.454 e. The SMILES string of the molecule is Cc1nc2ccccc2c(C)c1C(=O)OCC(=O)c1ccc(Cl)cc1. The minimum atomic E-state index is -0.546. The van der Waals surface area contributed by atoms with Crippen molar-refractivity contribution < 1.29 is 14.3 Å². The van der Waals surface area contributed by atoms with Gasteiger partial charge in [-0.15, -0.1) is 0 Å². The first-order valence-electron chi connectivity index (χ1n) is 7.79. The molecule has 1 heterocycles. The lowest BCUT2D eigenvalue weighted by atomic mass is 10.0. The number of aryl methyl sites for hydroxylation is 2. The minimum Gasteiger partial charge on any atom is -0.454 e. The highest BCUT2D eigenvalue weighted by molar-refractivity contribution is 6.30. The molecule has 0 saturated heterocycles. The van der Waals surface area contributed by atoms with Gasteiger partial charge in [-0.25, -0.2) is 4.79 Å². The number of esters is 1. The van der Waals surface area contributed by atoms with Gasteiger partial charge in [-0.05, 0) is 49.7 Å². The number of para-hydroxylation sites is 1. The Bertz CT molecular complexity index is 965. The van der Waals surface area contributed by atoms with E-state index in [-0.39, 0.29) is 12.4 Å². The van der Waals surface area contributed by atoms with Gasteiger partial charge in [-0.2, -0.15) is 0 Å². The van der Waals surface area contributed by atoms with Gasteiger partial charge >= 0.3 is 5.97 Å². The van der Waals surface area contributed by atoms with Crippen LogP contribution in [0.4, 0.5) is 0 Å². The highest BCUT2D eigenvalue weighted by atomic mass is 35.5. The number of nitrogens with zero attached hydrogens (tertiary/aromatic N) is 1. The first-order chi connectivity index (χ1) is 12.0. The van der Waals surface area contributed by atoms with Crippen molar-refractivity contribution in [2.45, 2.75) is 13.8 Å². The zero-order valence-electron chi connectivity index (χ0n) is 13.9. The molecule has 3 aromatic rings. The van der Waals surface area contributed by atoms with Gasteiger partial charge in [-0.3, -0.25) is 9.78 Å². The van der Waals surface area contributed by atoms with E-state index in [1.165, 1.54) is 0 Å². The van der Waals surface area contributed by atoms with E-state index in [4.69, 9.17) is 16.3 Å². The Balaban J connectivity index is 1.80. The molecule has 126 valence electrons. The number of aromatic nitrogens is 1. The topological polar surface area (TPSA) is 56.3 Å². The quantitative estimate of drug-likeness (QED) is 0.510. The number of ether oxygens (including phenoxy) is 1. The van der Waals surface area contributed by atoms with Crippen molar-refractivity contribution in [1.82, 2.24) is 4.98 Å². The third kappa shape index (κ3) is 3.54. The molecule has 5 heteroatoms. The van der Waals surface area contributed by atoms with Gasteiger partial charge in [0.15, 0.2) is 12.4 Å². The van der Waals surface area contributed by atoms with E-state index in [1.54, 1.807) is 31.2 Å². The Labute approximate surface area is 150 Å². The zero-order valence-corrected chi connectivity index (χ0v) is 14.6. The summed E-state index contributed by atoms with van der Waals surface area (Å²) in [5.74, 6) is -0.829. The molecule has 0 amide bonds. The second kappa shape index (κ2) is 7.03. The summed E-state index contributed by atoms with van der Waals surface area (Å²) in [5.41, 5.74) is 3.06. The van der Waals surface area contributed by atoms with Crippen molar-refractivity contribution in [3.05, 3.63) is 75.9 Å². The summed E-state index contributed by atoms with van der Waals surface area (Å²) in [6.45, 7) is 3.29. The maximum atomic E-state index is 12.5. The van der Waals surface area contributed by atoms with Crippen molar-refractivity contribution in [2.75, 3.05) is 6.61 Å². The third-order valence-corrected chi connectivity index (χ3v) is 4.29. The third-order valence-electron chi connectivity index (χ3n) is 4.04. The highest BCUT2D eigenvalue weighted by Gasteiger charge is 2.19. The zero-order chi connectivity index (χ0) is 18.0. The molecular weight excluding hydrogens is 338 g/mol. The second-order valence-corrected chi connectivity index (χ2v) is 6.16. The van der Waals surface area contributed by atoms with E-state index in [0.29, 0.717) is 21.8 Å². The Morgan fingerprint density at radius 2 is 1.72 bits per heavy atom. The summed E-state index contributed by atoms with van der Waals surface area (Å²) in [6.07, 6.45) is 0. The van der Waals surface area contributed by atoms with Crippen molar-refractivity contribution in [2.24, 2.45) is 0 Å². The maximum Gasteiger partial charge on any atom is 0.340 e. The van der Waals surface area contributed by atoms with Crippen molar-refractivity contribution in [3.63, 3.8) is 0 Å². The molecule has 0 unspecified atom stereocenters. The van der Waals surface area contributed by atoms with Crippen LogP contribution < -0.4 is 0 Å². The molecule has 0 N–H and O–H groups in total. The number of carbonyl (C=O) groups is 2. The number of benzene rings is 2. The summed E-state index contributed by atoms with van der Waals surface area (Å²) in [6, 6.07) is 14.1. The standard InChI is InChI=1S/C20H16ClNO3/c1-12-16-5-3-4-6-17(16)22-13(2)19(12)20(24)25-11-18(23)14-7-9-15(21)10-8-14/h3-10H,11H2,1-2H3. The number of halogens is 1. The fraction of sp³-hybridized carbons (Fsp3) is 0.150. The van der Waals surface area contributed by atoms with Crippen molar-refractivity contribution in [3.8, 4) is 0 Å². The first-order valence-corrected chi connectivity index (χ1v) is 8.17. The number of pyridine rings is 1. The van der Waals surface area contributed by atoms with E-state index < -0.39 is 5.97 Å². The van der Waals surface area contributed by atoms with Gasteiger partial charge in [0.25, 0.3) is 0 Å².